The number of nitrogens with zero attached hydrogens (tertiary/aromatic N) is 4. The molecule has 0 aliphatic carbocycles. The minimum Gasteiger partial charge on any atom is -0.467 e. The van der Waals surface area contributed by atoms with E-state index >= 15 is 0 Å². The Labute approximate surface area is 123 Å². The van der Waals surface area contributed by atoms with Gasteiger partial charge in [-0.25, -0.2) is 5.84 Å². The van der Waals surface area contributed by atoms with Crippen molar-refractivity contribution in [1.82, 2.24) is 15.0 Å². The largest absolute Gasteiger partial charge is 0.467 e. The first-order valence-electron chi connectivity index (χ1n) is 5.39. The molecule has 0 unspecified atom stereocenters. The van der Waals surface area contributed by atoms with Crippen LogP contribution in [0.2, 0.25) is 0 Å². The third kappa shape index (κ3) is 3.11. The van der Waals surface area contributed by atoms with Gasteiger partial charge < -0.3 is 10.1 Å². The van der Waals surface area contributed by atoms with Crippen molar-refractivity contribution in [2.45, 2.75) is 0 Å². The predicted octanol–water partition coefficient (Wildman–Crippen LogP) is 1.54. The summed E-state index contributed by atoms with van der Waals surface area (Å²) < 4.78 is 5.76. The van der Waals surface area contributed by atoms with Gasteiger partial charge >= 0.3 is 6.01 Å². The van der Waals surface area contributed by atoms with Crippen LogP contribution in [0.15, 0.2) is 22.7 Å². The van der Waals surface area contributed by atoms with Crippen LogP contribution in [-0.2, 0) is 0 Å². The zero-order valence-corrected chi connectivity index (χ0v) is 12.0. The van der Waals surface area contributed by atoms with Gasteiger partial charge in [-0.15, -0.1) is 0 Å². The lowest BCUT2D eigenvalue weighted by atomic mass is 10.2. The molecule has 0 radical (unpaired) electrons. The lowest BCUT2D eigenvalue weighted by molar-refractivity contribution is 0.379. The van der Waals surface area contributed by atoms with Crippen molar-refractivity contribution in [2.24, 2.45) is 5.84 Å². The fraction of sp³-hybridized carbons (Fsp3) is 0.0909. The van der Waals surface area contributed by atoms with Crippen molar-refractivity contribution < 1.29 is 4.74 Å². The number of hydrogen-bond acceptors (Lipinski definition) is 8. The molecule has 0 spiro atoms. The zero-order chi connectivity index (χ0) is 14.5. The highest BCUT2D eigenvalue weighted by atomic mass is 79.9. The molecule has 102 valence electrons. The highest BCUT2D eigenvalue weighted by molar-refractivity contribution is 9.10. The number of ether oxygens (including phenoxy) is 1. The number of hydrogen-bond donors (Lipinski definition) is 3. The number of benzene rings is 1. The fourth-order valence-electron chi connectivity index (χ4n) is 1.41. The standard InChI is InChI=1S/C11H10BrN7O/c1-20-11-17-9(16-10(18-11)19-14)15-8-4-7(12)3-2-6(8)5-13/h2-4H,14H2,1H3,(H2,15,16,17,18,19). The van der Waals surface area contributed by atoms with E-state index in [2.05, 4.69) is 47.7 Å². The maximum Gasteiger partial charge on any atom is 0.322 e. The second-order valence-electron chi connectivity index (χ2n) is 3.54. The molecule has 1 aromatic carbocycles. The summed E-state index contributed by atoms with van der Waals surface area (Å²) in [5.41, 5.74) is 3.32. The van der Waals surface area contributed by atoms with Gasteiger partial charge in [0.15, 0.2) is 0 Å². The molecule has 0 atom stereocenters. The molecule has 4 N–H and O–H groups in total. The molecule has 0 saturated carbocycles. The number of methoxy groups -OCH3 is 1. The normalized spacial score (nSPS) is 9.70. The van der Waals surface area contributed by atoms with Gasteiger partial charge in [0.2, 0.25) is 11.9 Å². The van der Waals surface area contributed by atoms with Crippen LogP contribution >= 0.6 is 15.9 Å². The van der Waals surface area contributed by atoms with E-state index in [9.17, 15) is 0 Å². The summed E-state index contributed by atoms with van der Waals surface area (Å²) in [6, 6.07) is 7.36. The van der Waals surface area contributed by atoms with Gasteiger partial charge in [-0.1, -0.05) is 15.9 Å². The van der Waals surface area contributed by atoms with Crippen LogP contribution in [0.3, 0.4) is 0 Å². The molecular weight excluding hydrogens is 326 g/mol. The topological polar surface area (TPSA) is 122 Å². The molecule has 0 fully saturated rings. The quantitative estimate of drug-likeness (QED) is 0.568. The number of anilines is 3. The van der Waals surface area contributed by atoms with E-state index in [1.165, 1.54) is 7.11 Å². The highest BCUT2D eigenvalue weighted by Crippen LogP contribution is 2.24. The molecule has 1 heterocycles. The number of aromatic nitrogens is 3. The number of nitriles is 1. The third-order valence-corrected chi connectivity index (χ3v) is 2.77. The van der Waals surface area contributed by atoms with Crippen molar-refractivity contribution in [3.05, 3.63) is 28.2 Å². The summed E-state index contributed by atoms with van der Waals surface area (Å²) in [5.74, 6) is 5.62. The van der Waals surface area contributed by atoms with Crippen molar-refractivity contribution in [2.75, 3.05) is 17.9 Å². The Morgan fingerprint density at radius 1 is 1.30 bits per heavy atom. The second kappa shape index (κ2) is 6.14. The highest BCUT2D eigenvalue weighted by Gasteiger charge is 2.09. The minimum absolute atomic E-state index is 0.101. The van der Waals surface area contributed by atoms with Crippen LogP contribution in [0, 0.1) is 11.3 Å². The second-order valence-corrected chi connectivity index (χ2v) is 4.46. The van der Waals surface area contributed by atoms with Crippen LogP contribution in [0.1, 0.15) is 5.56 Å². The first kappa shape index (κ1) is 14.0. The predicted molar refractivity (Wildman–Crippen MR) is 76.3 cm³/mol. The Bertz CT molecular complexity index is 648. The average Bonchev–Trinajstić information content (AvgIpc) is 2.47. The van der Waals surface area contributed by atoms with Gasteiger partial charge in [0.25, 0.3) is 0 Å². The molecule has 0 aliphatic rings. The summed E-state index contributed by atoms with van der Waals surface area (Å²) in [4.78, 5) is 11.9. The number of halogens is 1. The van der Waals surface area contributed by atoms with Crippen molar-refractivity contribution >= 4 is 33.5 Å². The maximum atomic E-state index is 9.07. The molecule has 0 aliphatic heterocycles. The zero-order valence-electron chi connectivity index (χ0n) is 10.4. The van der Waals surface area contributed by atoms with Gasteiger partial charge in [0, 0.05) is 4.47 Å². The molecule has 20 heavy (non-hydrogen) atoms. The van der Waals surface area contributed by atoms with E-state index in [1.54, 1.807) is 18.2 Å². The number of nitrogen functional groups attached to an aromatic ring is 1. The Kier molecular flexibility index (Phi) is 4.29. The first-order chi connectivity index (χ1) is 9.66. The van der Waals surface area contributed by atoms with E-state index in [1.807, 2.05) is 0 Å². The summed E-state index contributed by atoms with van der Waals surface area (Å²) in [5, 5.41) is 12.0. The molecule has 1 aromatic heterocycles. The van der Waals surface area contributed by atoms with Gasteiger partial charge in [0.05, 0.1) is 18.4 Å². The van der Waals surface area contributed by atoms with E-state index in [0.29, 0.717) is 11.3 Å². The monoisotopic (exact) mass is 335 g/mol. The van der Waals surface area contributed by atoms with E-state index < -0.39 is 0 Å². The van der Waals surface area contributed by atoms with Gasteiger partial charge in [-0.2, -0.15) is 20.2 Å². The minimum atomic E-state index is 0.101. The van der Waals surface area contributed by atoms with Crippen LogP contribution in [0.25, 0.3) is 0 Å². The van der Waals surface area contributed by atoms with Crippen molar-refractivity contribution in [3.8, 4) is 12.1 Å². The maximum absolute atomic E-state index is 9.07. The van der Waals surface area contributed by atoms with E-state index in [-0.39, 0.29) is 17.9 Å². The molecule has 2 rings (SSSR count). The summed E-state index contributed by atoms with van der Waals surface area (Å²) in [7, 11) is 1.43. The molecule has 0 saturated heterocycles. The summed E-state index contributed by atoms with van der Waals surface area (Å²) in [6.07, 6.45) is 0. The number of rotatable bonds is 4. The van der Waals surface area contributed by atoms with E-state index in [0.717, 1.165) is 4.47 Å². The van der Waals surface area contributed by atoms with Crippen LogP contribution in [-0.4, -0.2) is 22.1 Å². The molecule has 2 aromatic rings. The van der Waals surface area contributed by atoms with Crippen LogP contribution in [0.4, 0.5) is 17.6 Å². The van der Waals surface area contributed by atoms with Crippen molar-refractivity contribution in [3.63, 3.8) is 0 Å². The molecule has 9 heteroatoms. The fourth-order valence-corrected chi connectivity index (χ4v) is 1.77. The third-order valence-electron chi connectivity index (χ3n) is 2.28. The molecule has 0 amide bonds. The van der Waals surface area contributed by atoms with Gasteiger partial charge in [-0.05, 0) is 18.2 Å². The van der Waals surface area contributed by atoms with Crippen LogP contribution in [0.5, 0.6) is 6.01 Å². The number of nitrogens with two attached hydrogens (primary N) is 1. The Balaban J connectivity index is 2.39. The summed E-state index contributed by atoms with van der Waals surface area (Å²) in [6.45, 7) is 0. The molecular formula is C11H10BrN7O. The Hall–Kier alpha value is -2.44. The SMILES string of the molecule is COc1nc(NN)nc(Nc2cc(Br)ccc2C#N)n1. The van der Waals surface area contributed by atoms with Gasteiger partial charge in [0.1, 0.15) is 6.07 Å². The Morgan fingerprint density at radius 3 is 2.70 bits per heavy atom. The average molecular weight is 336 g/mol. The lowest BCUT2D eigenvalue weighted by Crippen LogP contribution is -2.13. The number of hydrazine groups is 1. The molecule has 8 nitrogen and oxygen atoms in total. The van der Waals surface area contributed by atoms with Crippen LogP contribution < -0.4 is 21.3 Å². The van der Waals surface area contributed by atoms with Crippen molar-refractivity contribution in [1.29, 1.82) is 5.26 Å². The molecule has 0 bridgehead atoms. The van der Waals surface area contributed by atoms with Gasteiger partial charge in [-0.3, -0.25) is 5.43 Å². The summed E-state index contributed by atoms with van der Waals surface area (Å²) >= 11 is 3.34. The first-order valence-corrected chi connectivity index (χ1v) is 6.19. The Morgan fingerprint density at radius 2 is 2.05 bits per heavy atom. The van der Waals surface area contributed by atoms with E-state index in [4.69, 9.17) is 15.8 Å². The number of nitrogens with one attached hydrogen (secondary N) is 2. The smallest absolute Gasteiger partial charge is 0.322 e. The lowest BCUT2D eigenvalue weighted by Gasteiger charge is -2.09.